The van der Waals surface area contributed by atoms with Crippen molar-refractivity contribution in [1.29, 1.82) is 0 Å². The highest BCUT2D eigenvalue weighted by molar-refractivity contribution is 5.48. The third-order valence-electron chi connectivity index (χ3n) is 3.23. The second kappa shape index (κ2) is 5.04. The summed E-state index contributed by atoms with van der Waals surface area (Å²) in [5.41, 5.74) is 7.46. The van der Waals surface area contributed by atoms with Crippen LogP contribution in [0, 0.1) is 0 Å². The Morgan fingerprint density at radius 1 is 1.29 bits per heavy atom. The van der Waals surface area contributed by atoms with Gasteiger partial charge in [0.2, 0.25) is 0 Å². The summed E-state index contributed by atoms with van der Waals surface area (Å²) in [5.74, 6) is 0. The monoisotopic (exact) mass is 236 g/mol. The maximum Gasteiger partial charge on any atom is 0.0650 e. The summed E-state index contributed by atoms with van der Waals surface area (Å²) >= 11 is 0. The van der Waals surface area contributed by atoms with Crippen molar-refractivity contribution >= 4 is 5.69 Å². The number of rotatable bonds is 3. The third-order valence-corrected chi connectivity index (χ3v) is 3.23. The highest BCUT2D eigenvalue weighted by Gasteiger charge is 2.20. The largest absolute Gasteiger partial charge is 0.394 e. The Labute approximate surface area is 102 Å². The molecule has 4 heteroatoms. The molecule has 1 aromatic rings. The van der Waals surface area contributed by atoms with E-state index in [9.17, 15) is 5.11 Å². The fourth-order valence-corrected chi connectivity index (χ4v) is 1.97. The van der Waals surface area contributed by atoms with Gasteiger partial charge in [0.05, 0.1) is 25.4 Å². The lowest BCUT2D eigenvalue weighted by molar-refractivity contribution is 0.122. The summed E-state index contributed by atoms with van der Waals surface area (Å²) in [6.45, 7) is 5.21. The Morgan fingerprint density at radius 3 is 2.41 bits per heavy atom. The summed E-state index contributed by atoms with van der Waals surface area (Å²) in [4.78, 5) is 2.29. The van der Waals surface area contributed by atoms with Crippen molar-refractivity contribution < 1.29 is 9.84 Å². The molecule has 0 amide bonds. The first-order valence-electron chi connectivity index (χ1n) is 5.96. The summed E-state index contributed by atoms with van der Waals surface area (Å²) in [6, 6.07) is 8.09. The highest BCUT2D eigenvalue weighted by atomic mass is 16.5. The number of benzene rings is 1. The molecule has 2 rings (SSSR count). The normalized spacial score (nSPS) is 20.1. The van der Waals surface area contributed by atoms with E-state index >= 15 is 0 Å². The lowest BCUT2D eigenvalue weighted by Gasteiger charge is -2.29. The van der Waals surface area contributed by atoms with Gasteiger partial charge in [-0.2, -0.15) is 0 Å². The number of nitrogens with two attached hydrogens (primary N) is 1. The minimum Gasteiger partial charge on any atom is -0.394 e. The SMILES string of the molecule is CC(N)(CO)c1ccc(N2CCOCC2)cc1. The molecule has 0 bridgehead atoms. The molecule has 1 saturated heterocycles. The zero-order valence-corrected chi connectivity index (χ0v) is 10.2. The quantitative estimate of drug-likeness (QED) is 0.810. The fraction of sp³-hybridized carbons (Fsp3) is 0.538. The van der Waals surface area contributed by atoms with Crippen LogP contribution in [0.3, 0.4) is 0 Å². The van der Waals surface area contributed by atoms with E-state index in [1.807, 2.05) is 19.1 Å². The van der Waals surface area contributed by atoms with Gasteiger partial charge >= 0.3 is 0 Å². The van der Waals surface area contributed by atoms with E-state index in [1.54, 1.807) is 0 Å². The fourth-order valence-electron chi connectivity index (χ4n) is 1.97. The van der Waals surface area contributed by atoms with Gasteiger partial charge in [-0.1, -0.05) is 12.1 Å². The van der Waals surface area contributed by atoms with Gasteiger partial charge in [-0.05, 0) is 24.6 Å². The predicted octanol–water partition coefficient (Wildman–Crippen LogP) is 0.689. The molecule has 1 heterocycles. The standard InChI is InChI=1S/C13H20N2O2/c1-13(14,10-16)11-2-4-12(5-3-11)15-6-8-17-9-7-15/h2-5,16H,6-10,14H2,1H3. The van der Waals surface area contributed by atoms with Crippen LogP contribution in [-0.4, -0.2) is 38.0 Å². The second-order valence-electron chi connectivity index (χ2n) is 4.72. The molecule has 17 heavy (non-hydrogen) atoms. The molecule has 0 saturated carbocycles. The minimum absolute atomic E-state index is 0.0517. The van der Waals surface area contributed by atoms with Crippen LogP contribution in [0.2, 0.25) is 0 Å². The number of anilines is 1. The van der Waals surface area contributed by atoms with Gasteiger partial charge in [0.1, 0.15) is 0 Å². The predicted molar refractivity (Wildman–Crippen MR) is 68.1 cm³/mol. The molecule has 0 radical (unpaired) electrons. The van der Waals surface area contributed by atoms with Crippen molar-refractivity contribution in [3.63, 3.8) is 0 Å². The topological polar surface area (TPSA) is 58.7 Å². The number of hydrogen-bond donors (Lipinski definition) is 2. The molecule has 1 aliphatic heterocycles. The molecule has 0 spiro atoms. The highest BCUT2D eigenvalue weighted by Crippen LogP contribution is 2.22. The molecule has 0 aliphatic carbocycles. The summed E-state index contributed by atoms with van der Waals surface area (Å²) in [7, 11) is 0. The van der Waals surface area contributed by atoms with Crippen LogP contribution in [-0.2, 0) is 10.3 Å². The summed E-state index contributed by atoms with van der Waals surface area (Å²) in [5, 5.41) is 9.21. The number of aliphatic hydroxyl groups is 1. The van der Waals surface area contributed by atoms with Crippen molar-refractivity contribution in [3.05, 3.63) is 29.8 Å². The van der Waals surface area contributed by atoms with E-state index < -0.39 is 5.54 Å². The lowest BCUT2D eigenvalue weighted by Crippen LogP contribution is -2.37. The Morgan fingerprint density at radius 2 is 1.88 bits per heavy atom. The average molecular weight is 236 g/mol. The molecule has 3 N–H and O–H groups in total. The van der Waals surface area contributed by atoms with E-state index in [0.717, 1.165) is 31.9 Å². The van der Waals surface area contributed by atoms with E-state index in [2.05, 4.69) is 17.0 Å². The molecular formula is C13H20N2O2. The van der Waals surface area contributed by atoms with Crippen molar-refractivity contribution in [1.82, 2.24) is 0 Å². The van der Waals surface area contributed by atoms with Crippen LogP contribution in [0.15, 0.2) is 24.3 Å². The van der Waals surface area contributed by atoms with Gasteiger partial charge in [-0.25, -0.2) is 0 Å². The van der Waals surface area contributed by atoms with Crippen LogP contribution < -0.4 is 10.6 Å². The molecule has 1 aromatic carbocycles. The first-order valence-corrected chi connectivity index (χ1v) is 5.96. The van der Waals surface area contributed by atoms with E-state index in [-0.39, 0.29) is 6.61 Å². The number of hydrogen-bond acceptors (Lipinski definition) is 4. The Balaban J connectivity index is 2.12. The molecule has 94 valence electrons. The first-order chi connectivity index (χ1) is 8.13. The Hall–Kier alpha value is -1.10. The van der Waals surface area contributed by atoms with Gasteiger partial charge in [0.15, 0.2) is 0 Å². The van der Waals surface area contributed by atoms with Crippen LogP contribution in [0.5, 0.6) is 0 Å². The van der Waals surface area contributed by atoms with Crippen LogP contribution >= 0.6 is 0 Å². The zero-order chi connectivity index (χ0) is 12.3. The van der Waals surface area contributed by atoms with Crippen LogP contribution in [0.25, 0.3) is 0 Å². The summed E-state index contributed by atoms with van der Waals surface area (Å²) in [6.07, 6.45) is 0. The second-order valence-corrected chi connectivity index (χ2v) is 4.72. The molecule has 4 nitrogen and oxygen atoms in total. The molecule has 1 atom stereocenters. The first kappa shape index (κ1) is 12.4. The maximum absolute atomic E-state index is 9.21. The Kier molecular flexibility index (Phi) is 3.66. The van der Waals surface area contributed by atoms with Gasteiger partial charge in [-0.15, -0.1) is 0 Å². The molecule has 1 fully saturated rings. The summed E-state index contributed by atoms with van der Waals surface area (Å²) < 4.78 is 5.32. The molecule has 0 aromatic heterocycles. The van der Waals surface area contributed by atoms with E-state index in [4.69, 9.17) is 10.5 Å². The third kappa shape index (κ3) is 2.77. The van der Waals surface area contributed by atoms with Crippen molar-refractivity contribution in [2.75, 3.05) is 37.8 Å². The number of ether oxygens (including phenoxy) is 1. The molecule has 1 unspecified atom stereocenters. The van der Waals surface area contributed by atoms with E-state index in [0.29, 0.717) is 0 Å². The molecular weight excluding hydrogens is 216 g/mol. The van der Waals surface area contributed by atoms with Crippen molar-refractivity contribution in [2.45, 2.75) is 12.5 Å². The van der Waals surface area contributed by atoms with Gasteiger partial charge < -0.3 is 20.5 Å². The smallest absolute Gasteiger partial charge is 0.0650 e. The number of morpholine rings is 1. The van der Waals surface area contributed by atoms with Crippen molar-refractivity contribution in [3.8, 4) is 0 Å². The van der Waals surface area contributed by atoms with Crippen LogP contribution in [0.4, 0.5) is 5.69 Å². The maximum atomic E-state index is 9.21. The minimum atomic E-state index is -0.663. The van der Waals surface area contributed by atoms with Gasteiger partial charge in [0, 0.05) is 18.8 Å². The van der Waals surface area contributed by atoms with Crippen molar-refractivity contribution in [2.24, 2.45) is 5.73 Å². The van der Waals surface area contributed by atoms with E-state index in [1.165, 1.54) is 5.69 Å². The van der Waals surface area contributed by atoms with Gasteiger partial charge in [-0.3, -0.25) is 0 Å². The van der Waals surface area contributed by atoms with Gasteiger partial charge in [0.25, 0.3) is 0 Å². The lowest BCUT2D eigenvalue weighted by atomic mass is 9.94. The molecule has 1 aliphatic rings. The number of aliphatic hydroxyl groups excluding tert-OH is 1. The zero-order valence-electron chi connectivity index (χ0n) is 10.2. The number of nitrogens with zero attached hydrogens (tertiary/aromatic N) is 1. The average Bonchev–Trinajstić information content (AvgIpc) is 2.40. The van der Waals surface area contributed by atoms with Crippen LogP contribution in [0.1, 0.15) is 12.5 Å². The Bertz CT molecular complexity index is 356.